The predicted octanol–water partition coefficient (Wildman–Crippen LogP) is 2.53. The zero-order valence-electron chi connectivity index (χ0n) is 21.4. The van der Waals surface area contributed by atoms with E-state index in [0.29, 0.717) is 12.5 Å². The van der Waals surface area contributed by atoms with E-state index in [2.05, 4.69) is 5.32 Å². The molecule has 2 amide bonds. The highest BCUT2D eigenvalue weighted by Gasteiger charge is 2.43. The Kier molecular flexibility index (Phi) is 7.09. The number of nitrogens with zero attached hydrogens (tertiary/aromatic N) is 3. The first kappa shape index (κ1) is 26.4. The molecule has 5 rings (SSSR count). The molecule has 2 aliphatic heterocycles. The Morgan fingerprint density at radius 2 is 1.87 bits per heavy atom. The molecule has 2 N–H and O–H groups in total. The Hall–Kier alpha value is -4.25. The Labute approximate surface area is 223 Å². The molecule has 204 valence electrons. The third-order valence-electron chi connectivity index (χ3n) is 7.25. The van der Waals surface area contributed by atoms with Crippen LogP contribution in [0, 0.1) is 11.6 Å². The van der Waals surface area contributed by atoms with Crippen molar-refractivity contribution >= 4 is 11.8 Å². The fourth-order valence-corrected chi connectivity index (χ4v) is 4.90. The van der Waals surface area contributed by atoms with Crippen molar-refractivity contribution in [3.8, 4) is 5.75 Å². The summed E-state index contributed by atoms with van der Waals surface area (Å²) in [5.74, 6) is -3.20. The van der Waals surface area contributed by atoms with E-state index in [1.807, 2.05) is 13.0 Å². The molecule has 1 aromatic heterocycles. The SMILES string of the molecule is C[C@@H]1C[C@@H](O)[C@H](C)N2CN1n1cc(C(=O)NCc3ccc(F)cc3F)c(=O)c(OCc3ccccc3)c1C2=O. The number of rotatable bonds is 6. The topological polar surface area (TPSA) is 104 Å². The number of aliphatic hydroxyl groups is 1. The number of nitrogens with one attached hydrogen (secondary N) is 1. The molecule has 3 heterocycles. The van der Waals surface area contributed by atoms with Crippen LogP contribution in [0.3, 0.4) is 0 Å². The number of hydrogen-bond acceptors (Lipinski definition) is 6. The average molecular weight is 539 g/mol. The standard InChI is InChI=1S/C28H28F2N4O5/c1-16-10-23(35)17(2)32-15-34(16)33-13-21(27(37)31-12-19-8-9-20(29)11-22(19)30)25(36)26(24(33)28(32)38)39-14-18-6-4-3-5-7-18/h3-9,11,13,16-17,23,35H,10,12,14-15H2,1-2H3,(H,31,37)/t16-,17+,23-/m1/s1. The highest BCUT2D eigenvalue weighted by atomic mass is 19.1. The molecular formula is C28H28F2N4O5. The maximum atomic E-state index is 14.1. The van der Waals surface area contributed by atoms with E-state index in [1.54, 1.807) is 36.2 Å². The molecule has 39 heavy (non-hydrogen) atoms. The summed E-state index contributed by atoms with van der Waals surface area (Å²) in [6.45, 7) is 3.43. The van der Waals surface area contributed by atoms with Crippen molar-refractivity contribution in [1.82, 2.24) is 14.9 Å². The predicted molar refractivity (Wildman–Crippen MR) is 138 cm³/mol. The zero-order valence-corrected chi connectivity index (χ0v) is 21.4. The lowest BCUT2D eigenvalue weighted by Gasteiger charge is -2.42. The van der Waals surface area contributed by atoms with E-state index < -0.39 is 41.0 Å². The maximum absolute atomic E-state index is 14.1. The van der Waals surface area contributed by atoms with Crippen LogP contribution in [0.4, 0.5) is 8.78 Å². The molecule has 9 nitrogen and oxygen atoms in total. The summed E-state index contributed by atoms with van der Waals surface area (Å²) in [7, 11) is 0. The quantitative estimate of drug-likeness (QED) is 0.500. The second-order valence-corrected chi connectivity index (χ2v) is 9.84. The minimum absolute atomic E-state index is 0.0318. The lowest BCUT2D eigenvalue weighted by molar-refractivity contribution is 0.0408. The fourth-order valence-electron chi connectivity index (χ4n) is 4.90. The van der Waals surface area contributed by atoms with Crippen molar-refractivity contribution in [3.05, 3.63) is 99.0 Å². The summed E-state index contributed by atoms with van der Waals surface area (Å²) < 4.78 is 34.8. The fraction of sp³-hybridized carbons (Fsp3) is 0.321. The van der Waals surface area contributed by atoms with E-state index in [1.165, 1.54) is 21.8 Å². The van der Waals surface area contributed by atoms with Crippen molar-refractivity contribution in [1.29, 1.82) is 0 Å². The van der Waals surface area contributed by atoms with E-state index in [4.69, 9.17) is 4.74 Å². The smallest absolute Gasteiger partial charge is 0.278 e. The minimum atomic E-state index is -0.832. The first-order valence-electron chi connectivity index (χ1n) is 12.6. The largest absolute Gasteiger partial charge is 0.482 e. The van der Waals surface area contributed by atoms with Crippen LogP contribution in [0.2, 0.25) is 0 Å². The third-order valence-corrected chi connectivity index (χ3v) is 7.25. The van der Waals surface area contributed by atoms with E-state index in [-0.39, 0.29) is 48.4 Å². The molecule has 1 fully saturated rings. The van der Waals surface area contributed by atoms with Crippen LogP contribution in [-0.4, -0.2) is 51.4 Å². The summed E-state index contributed by atoms with van der Waals surface area (Å²) in [6.07, 6.45) is 0.831. The molecule has 0 aliphatic carbocycles. The summed E-state index contributed by atoms with van der Waals surface area (Å²) in [5, 5.41) is 15.0. The lowest BCUT2D eigenvalue weighted by atomic mass is 10.1. The second kappa shape index (κ2) is 10.5. The number of carbonyl (C=O) groups is 2. The number of aliphatic hydroxyl groups excluding tert-OH is 1. The van der Waals surface area contributed by atoms with Crippen molar-refractivity contribution in [2.75, 3.05) is 11.7 Å². The van der Waals surface area contributed by atoms with Crippen LogP contribution in [-0.2, 0) is 13.2 Å². The van der Waals surface area contributed by atoms with Crippen molar-refractivity contribution in [2.45, 2.75) is 51.6 Å². The van der Waals surface area contributed by atoms with Crippen LogP contribution >= 0.6 is 0 Å². The van der Waals surface area contributed by atoms with Gasteiger partial charge < -0.3 is 20.1 Å². The van der Waals surface area contributed by atoms with Gasteiger partial charge in [-0.25, -0.2) is 8.78 Å². The summed E-state index contributed by atoms with van der Waals surface area (Å²) in [6, 6.07) is 11.3. The third kappa shape index (κ3) is 4.97. The van der Waals surface area contributed by atoms with Crippen LogP contribution in [0.25, 0.3) is 0 Å². The van der Waals surface area contributed by atoms with Crippen molar-refractivity contribution in [2.24, 2.45) is 0 Å². The van der Waals surface area contributed by atoms with Crippen LogP contribution in [0.15, 0.2) is 59.5 Å². The minimum Gasteiger partial charge on any atom is -0.482 e. The number of ether oxygens (including phenoxy) is 1. The van der Waals surface area contributed by atoms with Gasteiger partial charge in [0.2, 0.25) is 5.43 Å². The van der Waals surface area contributed by atoms with Gasteiger partial charge in [0.15, 0.2) is 11.4 Å². The molecule has 0 spiro atoms. The van der Waals surface area contributed by atoms with Gasteiger partial charge in [0.1, 0.15) is 30.5 Å². The number of carbonyl (C=O) groups excluding carboxylic acids is 2. The van der Waals surface area contributed by atoms with Gasteiger partial charge in [0.25, 0.3) is 11.8 Å². The van der Waals surface area contributed by atoms with Gasteiger partial charge in [-0.2, -0.15) is 0 Å². The number of aromatic nitrogens is 1. The monoisotopic (exact) mass is 538 g/mol. The normalized spacial score (nSPS) is 20.3. The van der Waals surface area contributed by atoms with Crippen molar-refractivity contribution < 1.29 is 28.2 Å². The Bertz CT molecular complexity index is 1480. The van der Waals surface area contributed by atoms with Gasteiger partial charge in [-0.1, -0.05) is 36.4 Å². The lowest BCUT2D eigenvalue weighted by Crippen LogP contribution is -2.58. The van der Waals surface area contributed by atoms with Crippen LogP contribution < -0.4 is 20.5 Å². The van der Waals surface area contributed by atoms with E-state index in [9.17, 15) is 28.3 Å². The Morgan fingerprint density at radius 3 is 2.59 bits per heavy atom. The van der Waals surface area contributed by atoms with Crippen LogP contribution in [0.5, 0.6) is 5.75 Å². The molecular weight excluding hydrogens is 510 g/mol. The van der Waals surface area contributed by atoms with Gasteiger partial charge in [0, 0.05) is 30.4 Å². The molecule has 2 bridgehead atoms. The highest BCUT2D eigenvalue weighted by Crippen LogP contribution is 2.30. The molecule has 0 radical (unpaired) electrons. The summed E-state index contributed by atoms with van der Waals surface area (Å²) >= 11 is 0. The summed E-state index contributed by atoms with van der Waals surface area (Å²) in [5.41, 5.74) is -0.370. The van der Waals surface area contributed by atoms with Gasteiger partial charge in [-0.3, -0.25) is 24.1 Å². The van der Waals surface area contributed by atoms with Crippen LogP contribution in [0.1, 0.15) is 52.2 Å². The number of fused-ring (bicyclic) bond motifs is 4. The molecule has 11 heteroatoms. The van der Waals surface area contributed by atoms with Crippen molar-refractivity contribution in [3.63, 3.8) is 0 Å². The van der Waals surface area contributed by atoms with E-state index in [0.717, 1.165) is 11.6 Å². The molecule has 0 saturated carbocycles. The number of benzene rings is 2. The molecule has 1 saturated heterocycles. The molecule has 2 aliphatic rings. The molecule has 3 atom stereocenters. The van der Waals surface area contributed by atoms with Gasteiger partial charge in [-0.15, -0.1) is 0 Å². The number of amides is 2. The summed E-state index contributed by atoms with van der Waals surface area (Å²) in [4.78, 5) is 42.0. The van der Waals surface area contributed by atoms with Gasteiger partial charge in [-0.05, 0) is 31.9 Å². The maximum Gasteiger partial charge on any atom is 0.278 e. The van der Waals surface area contributed by atoms with E-state index >= 15 is 0 Å². The van der Waals surface area contributed by atoms with Gasteiger partial charge in [0.05, 0.1) is 12.1 Å². The number of hydrogen-bond donors (Lipinski definition) is 2. The number of halogens is 2. The molecule has 2 aromatic carbocycles. The zero-order chi connectivity index (χ0) is 27.8. The highest BCUT2D eigenvalue weighted by molar-refractivity contribution is 5.99. The molecule has 0 unspecified atom stereocenters. The molecule has 3 aromatic rings. The first-order valence-corrected chi connectivity index (χ1v) is 12.6. The van der Waals surface area contributed by atoms with Gasteiger partial charge >= 0.3 is 0 Å². The Morgan fingerprint density at radius 1 is 1.13 bits per heavy atom. The second-order valence-electron chi connectivity index (χ2n) is 9.84. The average Bonchev–Trinajstić information content (AvgIpc) is 3.01. The number of pyridine rings is 1. The Balaban J connectivity index is 1.57. The first-order chi connectivity index (χ1) is 18.7.